The number of aromatic nitrogens is 1. The zero-order valence-corrected chi connectivity index (χ0v) is 11.7. The number of benzene rings is 1. The minimum atomic E-state index is -0.159. The van der Waals surface area contributed by atoms with Gasteiger partial charge in [-0.15, -0.1) is 0 Å². The lowest BCUT2D eigenvalue weighted by atomic mass is 10.0. The van der Waals surface area contributed by atoms with Gasteiger partial charge in [-0.05, 0) is 30.8 Å². The van der Waals surface area contributed by atoms with Crippen molar-refractivity contribution in [2.45, 2.75) is 6.04 Å². The van der Waals surface area contributed by atoms with E-state index in [1.165, 1.54) is 0 Å². The molecule has 0 radical (unpaired) electrons. The van der Waals surface area contributed by atoms with Crippen LogP contribution in [0.1, 0.15) is 11.6 Å². The van der Waals surface area contributed by atoms with Crippen LogP contribution in [0.4, 0.5) is 0 Å². The first kappa shape index (κ1) is 13.0. The van der Waals surface area contributed by atoms with Gasteiger partial charge in [-0.2, -0.15) is 5.26 Å². The molecule has 0 amide bonds. The maximum atomic E-state index is 9.55. The molecule has 0 spiro atoms. The molecule has 1 aliphatic heterocycles. The van der Waals surface area contributed by atoms with E-state index < -0.39 is 0 Å². The van der Waals surface area contributed by atoms with Crippen LogP contribution in [0.15, 0.2) is 36.5 Å². The summed E-state index contributed by atoms with van der Waals surface area (Å²) in [6, 6.07) is 12.4. The number of rotatable bonds is 2. The summed E-state index contributed by atoms with van der Waals surface area (Å²) in [5.74, 6) is 0. The van der Waals surface area contributed by atoms with Gasteiger partial charge in [-0.1, -0.05) is 12.1 Å². The highest BCUT2D eigenvalue weighted by atomic mass is 15.3. The van der Waals surface area contributed by atoms with Gasteiger partial charge in [-0.25, -0.2) is 0 Å². The van der Waals surface area contributed by atoms with Gasteiger partial charge in [0.25, 0.3) is 0 Å². The van der Waals surface area contributed by atoms with Crippen molar-refractivity contribution in [3.05, 3.63) is 42.1 Å². The molecule has 1 aromatic heterocycles. The molecule has 1 aromatic carbocycles. The standard InChI is InChI=1S/C16H18N4/c1-19-7-9-20(10-8-19)16(12-17)14-4-5-15-13(11-14)3-2-6-18-15/h2-6,11,16H,7-10H2,1H3. The molecule has 1 unspecified atom stereocenters. The van der Waals surface area contributed by atoms with E-state index in [-0.39, 0.29) is 6.04 Å². The van der Waals surface area contributed by atoms with Crippen molar-refractivity contribution in [1.82, 2.24) is 14.8 Å². The van der Waals surface area contributed by atoms with Crippen LogP contribution in [0.25, 0.3) is 10.9 Å². The largest absolute Gasteiger partial charge is 0.304 e. The second-order valence-corrected chi connectivity index (χ2v) is 5.33. The summed E-state index contributed by atoms with van der Waals surface area (Å²) < 4.78 is 0. The monoisotopic (exact) mass is 266 g/mol. The number of likely N-dealkylation sites (N-methyl/N-ethyl adjacent to an activating group) is 1. The van der Waals surface area contributed by atoms with E-state index in [1.807, 2.05) is 24.3 Å². The Bertz CT molecular complexity index is 638. The lowest BCUT2D eigenvalue weighted by Crippen LogP contribution is -2.45. The summed E-state index contributed by atoms with van der Waals surface area (Å²) in [5.41, 5.74) is 2.05. The number of nitrogens with zero attached hydrogens (tertiary/aromatic N) is 4. The fourth-order valence-electron chi connectivity index (χ4n) is 2.71. The number of piperazine rings is 1. The third-order valence-corrected chi connectivity index (χ3v) is 3.97. The van der Waals surface area contributed by atoms with Crippen molar-refractivity contribution < 1.29 is 0 Å². The summed E-state index contributed by atoms with van der Waals surface area (Å²) in [6.45, 7) is 3.93. The number of hydrogen-bond donors (Lipinski definition) is 0. The molecule has 4 heteroatoms. The SMILES string of the molecule is CN1CCN(C(C#N)c2ccc3ncccc3c2)CC1. The smallest absolute Gasteiger partial charge is 0.123 e. The molecule has 0 saturated carbocycles. The molecule has 1 aliphatic rings. The third-order valence-electron chi connectivity index (χ3n) is 3.97. The Morgan fingerprint density at radius 2 is 2.00 bits per heavy atom. The van der Waals surface area contributed by atoms with Gasteiger partial charge in [0.05, 0.1) is 11.6 Å². The van der Waals surface area contributed by atoms with Gasteiger partial charge >= 0.3 is 0 Å². The first-order valence-corrected chi connectivity index (χ1v) is 6.95. The lowest BCUT2D eigenvalue weighted by molar-refractivity contribution is 0.133. The van der Waals surface area contributed by atoms with Gasteiger partial charge in [0.2, 0.25) is 0 Å². The van der Waals surface area contributed by atoms with Crippen molar-refractivity contribution in [1.29, 1.82) is 5.26 Å². The summed E-state index contributed by atoms with van der Waals surface area (Å²) in [5, 5.41) is 10.6. The highest BCUT2D eigenvalue weighted by Crippen LogP contribution is 2.24. The van der Waals surface area contributed by atoms with Crippen LogP contribution in [-0.2, 0) is 0 Å². The van der Waals surface area contributed by atoms with Crippen LogP contribution in [0.3, 0.4) is 0 Å². The molecule has 1 fully saturated rings. The number of hydrogen-bond acceptors (Lipinski definition) is 4. The molecule has 0 bridgehead atoms. The Labute approximate surface area is 119 Å². The number of fused-ring (bicyclic) bond motifs is 1. The van der Waals surface area contributed by atoms with Crippen LogP contribution < -0.4 is 0 Å². The van der Waals surface area contributed by atoms with Gasteiger partial charge in [0.15, 0.2) is 0 Å². The number of pyridine rings is 1. The molecule has 0 N–H and O–H groups in total. The molecular formula is C16H18N4. The lowest BCUT2D eigenvalue weighted by Gasteiger charge is -2.35. The van der Waals surface area contributed by atoms with Gasteiger partial charge in [0.1, 0.15) is 6.04 Å². The molecule has 1 atom stereocenters. The quantitative estimate of drug-likeness (QED) is 0.834. The fourth-order valence-corrected chi connectivity index (χ4v) is 2.71. The molecule has 2 aromatic rings. The van der Waals surface area contributed by atoms with Crippen LogP contribution in [0.5, 0.6) is 0 Å². The van der Waals surface area contributed by atoms with Gasteiger partial charge in [0, 0.05) is 37.8 Å². The van der Waals surface area contributed by atoms with Crippen LogP contribution in [0.2, 0.25) is 0 Å². The van der Waals surface area contributed by atoms with E-state index in [1.54, 1.807) is 6.20 Å². The highest BCUT2D eigenvalue weighted by Gasteiger charge is 2.23. The van der Waals surface area contributed by atoms with E-state index in [2.05, 4.69) is 34.0 Å². The maximum absolute atomic E-state index is 9.55. The molecule has 4 nitrogen and oxygen atoms in total. The minimum absolute atomic E-state index is 0.159. The Hall–Kier alpha value is -1.96. The third kappa shape index (κ3) is 2.51. The van der Waals surface area contributed by atoms with E-state index in [0.29, 0.717) is 0 Å². The van der Waals surface area contributed by atoms with Crippen LogP contribution in [0, 0.1) is 11.3 Å². The zero-order valence-electron chi connectivity index (χ0n) is 11.7. The summed E-state index contributed by atoms with van der Waals surface area (Å²) >= 11 is 0. The zero-order chi connectivity index (χ0) is 13.9. The molecule has 102 valence electrons. The Kier molecular flexibility index (Phi) is 3.64. The van der Waals surface area contributed by atoms with Crippen molar-refractivity contribution >= 4 is 10.9 Å². The average molecular weight is 266 g/mol. The first-order chi connectivity index (χ1) is 9.78. The molecular weight excluding hydrogens is 248 g/mol. The Morgan fingerprint density at radius 1 is 1.20 bits per heavy atom. The highest BCUT2D eigenvalue weighted by molar-refractivity contribution is 5.79. The Morgan fingerprint density at radius 3 is 2.75 bits per heavy atom. The molecule has 1 saturated heterocycles. The normalized spacial score (nSPS) is 18.8. The molecule has 2 heterocycles. The van der Waals surface area contributed by atoms with Crippen LogP contribution in [-0.4, -0.2) is 48.0 Å². The van der Waals surface area contributed by atoms with Crippen molar-refractivity contribution in [2.24, 2.45) is 0 Å². The van der Waals surface area contributed by atoms with Crippen molar-refractivity contribution in [3.63, 3.8) is 0 Å². The Balaban J connectivity index is 1.89. The fraction of sp³-hybridized carbons (Fsp3) is 0.375. The molecule has 20 heavy (non-hydrogen) atoms. The first-order valence-electron chi connectivity index (χ1n) is 6.95. The predicted molar refractivity (Wildman–Crippen MR) is 79.2 cm³/mol. The summed E-state index contributed by atoms with van der Waals surface area (Å²) in [6.07, 6.45) is 1.80. The van der Waals surface area contributed by atoms with E-state index >= 15 is 0 Å². The van der Waals surface area contributed by atoms with Crippen molar-refractivity contribution in [2.75, 3.05) is 33.2 Å². The van der Waals surface area contributed by atoms with Gasteiger partial charge in [-0.3, -0.25) is 9.88 Å². The second kappa shape index (κ2) is 5.58. The van der Waals surface area contributed by atoms with Crippen LogP contribution >= 0.6 is 0 Å². The summed E-state index contributed by atoms with van der Waals surface area (Å²) in [4.78, 5) is 8.89. The van der Waals surface area contributed by atoms with E-state index in [9.17, 15) is 5.26 Å². The van der Waals surface area contributed by atoms with Crippen molar-refractivity contribution in [3.8, 4) is 6.07 Å². The number of nitriles is 1. The average Bonchev–Trinajstić information content (AvgIpc) is 2.50. The minimum Gasteiger partial charge on any atom is -0.304 e. The van der Waals surface area contributed by atoms with Gasteiger partial charge < -0.3 is 4.90 Å². The molecule has 0 aliphatic carbocycles. The second-order valence-electron chi connectivity index (χ2n) is 5.33. The topological polar surface area (TPSA) is 43.2 Å². The molecule has 3 rings (SSSR count). The predicted octanol–water partition coefficient (Wildman–Crippen LogP) is 2.05. The summed E-state index contributed by atoms with van der Waals surface area (Å²) in [7, 11) is 2.13. The maximum Gasteiger partial charge on any atom is 0.123 e. The van der Waals surface area contributed by atoms with E-state index in [4.69, 9.17) is 0 Å². The van der Waals surface area contributed by atoms with E-state index in [0.717, 1.165) is 42.6 Å².